The number of hydrogen-bond donors (Lipinski definition) is 2. The third kappa shape index (κ3) is 5.90. The molecule has 1 aliphatic heterocycles. The highest BCUT2D eigenvalue weighted by atomic mass is 19.4. The van der Waals surface area contributed by atoms with Gasteiger partial charge in [0.15, 0.2) is 0 Å². The van der Waals surface area contributed by atoms with Crippen molar-refractivity contribution in [2.45, 2.75) is 31.9 Å². The summed E-state index contributed by atoms with van der Waals surface area (Å²) in [6, 6.07) is 10.8. The maximum absolute atomic E-state index is 13.7. The van der Waals surface area contributed by atoms with Crippen molar-refractivity contribution < 1.29 is 32.3 Å². The number of fused-ring (bicyclic) bond motifs is 1. The molecule has 0 aliphatic carbocycles. The van der Waals surface area contributed by atoms with Gasteiger partial charge in [0.2, 0.25) is 0 Å². The van der Waals surface area contributed by atoms with Gasteiger partial charge in [-0.25, -0.2) is 13.9 Å². The molecular weight excluding hydrogens is 456 g/mol. The number of aromatic nitrogens is 2. The number of alkyl halides is 3. The zero-order chi connectivity index (χ0) is 25.0. The summed E-state index contributed by atoms with van der Waals surface area (Å²) in [4.78, 5) is 23.0. The molecule has 1 fully saturated rings. The molecule has 1 amide bonds. The number of benzene rings is 2. The molecule has 1 atom stereocenters. The number of amides is 1. The second-order valence-corrected chi connectivity index (χ2v) is 7.96. The zero-order valence-electron chi connectivity index (χ0n) is 18.3. The average molecular weight is 480 g/mol. The van der Waals surface area contributed by atoms with E-state index in [1.54, 1.807) is 10.9 Å². The second kappa shape index (κ2) is 10.2. The molecule has 1 unspecified atom stereocenters. The maximum atomic E-state index is 13.7. The summed E-state index contributed by atoms with van der Waals surface area (Å²) < 4.78 is 47.1. The number of carbonyl (C=O) groups excluding carboxylic acids is 1. The van der Waals surface area contributed by atoms with E-state index < -0.39 is 23.9 Å². The van der Waals surface area contributed by atoms with Crippen molar-refractivity contribution in [1.29, 1.82) is 0 Å². The van der Waals surface area contributed by atoms with Crippen LogP contribution in [0.2, 0.25) is 0 Å². The van der Waals surface area contributed by atoms with E-state index in [0.29, 0.717) is 16.8 Å². The van der Waals surface area contributed by atoms with Gasteiger partial charge in [-0.3, -0.25) is 4.79 Å². The molecule has 3 aromatic rings. The number of likely N-dealkylation sites (tertiary alicyclic amines) is 1. The van der Waals surface area contributed by atoms with Crippen LogP contribution in [0.4, 0.5) is 17.6 Å². The first kappa shape index (κ1) is 25.2. The number of hydrogen-bond acceptors (Lipinski definition) is 4. The summed E-state index contributed by atoms with van der Waals surface area (Å²) in [5.74, 6) is -3.38. The number of aliphatic carboxylic acids is 1. The number of halogens is 4. The SMILES string of the molecule is CCN1CCCC(c2ccc(-n3cc4cc(F)cc(C(N)=O)c4n3)cc2)C1.O=C(O)C(F)(F)F. The molecule has 2 heterocycles. The van der Waals surface area contributed by atoms with Crippen molar-refractivity contribution in [2.24, 2.45) is 5.73 Å². The Hall–Kier alpha value is -3.47. The van der Waals surface area contributed by atoms with E-state index >= 15 is 0 Å². The van der Waals surface area contributed by atoms with E-state index in [4.69, 9.17) is 15.6 Å². The van der Waals surface area contributed by atoms with E-state index in [1.165, 1.54) is 31.0 Å². The smallest absolute Gasteiger partial charge is 0.475 e. The van der Waals surface area contributed by atoms with Gasteiger partial charge >= 0.3 is 12.1 Å². The number of primary amides is 1. The Morgan fingerprint density at radius 1 is 1.21 bits per heavy atom. The van der Waals surface area contributed by atoms with Crippen LogP contribution in [0.1, 0.15) is 41.6 Å². The molecule has 0 bridgehead atoms. The molecule has 0 radical (unpaired) electrons. The largest absolute Gasteiger partial charge is 0.490 e. The molecule has 3 N–H and O–H groups in total. The van der Waals surface area contributed by atoms with Crippen LogP contribution in [-0.4, -0.2) is 57.5 Å². The minimum Gasteiger partial charge on any atom is -0.475 e. The molecule has 11 heteroatoms. The lowest BCUT2D eigenvalue weighted by molar-refractivity contribution is -0.192. The van der Waals surface area contributed by atoms with Gasteiger partial charge in [-0.2, -0.15) is 18.3 Å². The minimum absolute atomic E-state index is 0.0993. The van der Waals surface area contributed by atoms with Gasteiger partial charge in [-0.05, 0) is 61.7 Å². The standard InChI is InChI=1S/C21H23FN4O.C2HF3O2/c1-2-25-9-3-4-15(12-25)14-5-7-18(8-6-14)26-13-16-10-17(22)11-19(21(23)27)20(16)24-26;3-2(4,5)1(6)7/h5-8,10-11,13,15H,2-4,9,12H2,1H3,(H2,23,27);(H,6,7). The minimum atomic E-state index is -5.08. The summed E-state index contributed by atoms with van der Waals surface area (Å²) >= 11 is 0. The van der Waals surface area contributed by atoms with Crippen LogP contribution in [0.3, 0.4) is 0 Å². The summed E-state index contributed by atoms with van der Waals surface area (Å²) in [6.07, 6.45) is -0.922. The van der Waals surface area contributed by atoms with Gasteiger partial charge in [0.1, 0.15) is 11.3 Å². The summed E-state index contributed by atoms with van der Waals surface area (Å²) in [5.41, 5.74) is 8.08. The Morgan fingerprint density at radius 2 is 1.85 bits per heavy atom. The molecule has 7 nitrogen and oxygen atoms in total. The van der Waals surface area contributed by atoms with Crippen LogP contribution in [0.15, 0.2) is 42.6 Å². The highest BCUT2D eigenvalue weighted by Gasteiger charge is 2.38. The Balaban J connectivity index is 0.000000406. The molecule has 34 heavy (non-hydrogen) atoms. The lowest BCUT2D eigenvalue weighted by atomic mass is 9.90. The predicted molar refractivity (Wildman–Crippen MR) is 117 cm³/mol. The van der Waals surface area contributed by atoms with Crippen molar-refractivity contribution in [3.05, 3.63) is 59.5 Å². The van der Waals surface area contributed by atoms with Gasteiger partial charge < -0.3 is 15.7 Å². The molecule has 2 aromatic carbocycles. The van der Waals surface area contributed by atoms with Crippen LogP contribution in [0.5, 0.6) is 0 Å². The number of carbonyl (C=O) groups is 2. The van der Waals surface area contributed by atoms with Gasteiger partial charge in [0, 0.05) is 18.1 Å². The number of carboxylic acids is 1. The van der Waals surface area contributed by atoms with E-state index in [9.17, 15) is 22.4 Å². The summed E-state index contributed by atoms with van der Waals surface area (Å²) in [7, 11) is 0. The molecule has 1 saturated heterocycles. The first-order chi connectivity index (χ1) is 16.0. The van der Waals surface area contributed by atoms with Gasteiger partial charge in [-0.15, -0.1) is 0 Å². The lowest BCUT2D eigenvalue weighted by Gasteiger charge is -2.32. The summed E-state index contributed by atoms with van der Waals surface area (Å²) in [5, 5.41) is 12.1. The molecule has 182 valence electrons. The quantitative estimate of drug-likeness (QED) is 0.548. The van der Waals surface area contributed by atoms with Crippen LogP contribution in [-0.2, 0) is 4.79 Å². The highest BCUT2D eigenvalue weighted by Crippen LogP contribution is 2.28. The Morgan fingerprint density at radius 3 is 2.41 bits per heavy atom. The number of piperidine rings is 1. The fourth-order valence-corrected chi connectivity index (χ4v) is 3.93. The van der Waals surface area contributed by atoms with E-state index in [-0.39, 0.29) is 5.56 Å². The lowest BCUT2D eigenvalue weighted by Crippen LogP contribution is -2.34. The molecule has 1 aliphatic rings. The number of carboxylic acid groups (broad SMARTS) is 1. The fraction of sp³-hybridized carbons (Fsp3) is 0.348. The molecule has 0 saturated carbocycles. The molecule has 0 spiro atoms. The summed E-state index contributed by atoms with van der Waals surface area (Å²) in [6.45, 7) is 5.58. The first-order valence-corrected chi connectivity index (χ1v) is 10.6. The van der Waals surface area contributed by atoms with Crippen molar-refractivity contribution in [1.82, 2.24) is 14.7 Å². The van der Waals surface area contributed by atoms with Crippen molar-refractivity contribution >= 4 is 22.8 Å². The van der Waals surface area contributed by atoms with Gasteiger partial charge in [0.25, 0.3) is 5.91 Å². The normalized spacial score (nSPS) is 16.7. The van der Waals surface area contributed by atoms with Crippen molar-refractivity contribution in [3.63, 3.8) is 0 Å². The number of nitrogens with zero attached hydrogens (tertiary/aromatic N) is 3. The Labute approximate surface area is 192 Å². The van der Waals surface area contributed by atoms with Crippen LogP contribution in [0, 0.1) is 5.82 Å². The van der Waals surface area contributed by atoms with Crippen LogP contribution >= 0.6 is 0 Å². The van der Waals surface area contributed by atoms with E-state index in [2.05, 4.69) is 29.1 Å². The van der Waals surface area contributed by atoms with E-state index in [1.807, 2.05) is 12.1 Å². The number of likely N-dealkylation sites (N-methyl/N-ethyl adjacent to an activating group) is 1. The van der Waals surface area contributed by atoms with Crippen molar-refractivity contribution in [3.8, 4) is 5.69 Å². The zero-order valence-corrected chi connectivity index (χ0v) is 18.3. The number of nitrogens with two attached hydrogens (primary N) is 1. The fourth-order valence-electron chi connectivity index (χ4n) is 3.93. The molecule has 1 aromatic heterocycles. The average Bonchev–Trinajstić information content (AvgIpc) is 3.22. The maximum Gasteiger partial charge on any atom is 0.490 e. The molecular formula is C23H24F4N4O3. The third-order valence-electron chi connectivity index (χ3n) is 5.66. The van der Waals surface area contributed by atoms with Crippen molar-refractivity contribution in [2.75, 3.05) is 19.6 Å². The van der Waals surface area contributed by atoms with Gasteiger partial charge in [0.05, 0.1) is 11.3 Å². The third-order valence-corrected chi connectivity index (χ3v) is 5.66. The predicted octanol–water partition coefficient (Wildman–Crippen LogP) is 4.10. The highest BCUT2D eigenvalue weighted by molar-refractivity contribution is 6.04. The van der Waals surface area contributed by atoms with Gasteiger partial charge in [-0.1, -0.05) is 19.1 Å². The van der Waals surface area contributed by atoms with Crippen LogP contribution < -0.4 is 5.73 Å². The topological polar surface area (TPSA) is 101 Å². The Kier molecular flexibility index (Phi) is 7.55. The first-order valence-electron chi connectivity index (χ1n) is 10.6. The van der Waals surface area contributed by atoms with Crippen LogP contribution in [0.25, 0.3) is 16.6 Å². The molecule has 4 rings (SSSR count). The second-order valence-electron chi connectivity index (χ2n) is 7.96. The monoisotopic (exact) mass is 480 g/mol. The Bertz CT molecular complexity index is 1180. The number of rotatable bonds is 4. The van der Waals surface area contributed by atoms with E-state index in [0.717, 1.165) is 24.8 Å².